The fourth-order valence-electron chi connectivity index (χ4n) is 3.65. The molecule has 0 amide bonds. The Morgan fingerprint density at radius 2 is 1.25 bits per heavy atom. The minimum atomic E-state index is 0.226. The van der Waals surface area contributed by atoms with E-state index in [-0.39, 0.29) is 5.75 Å². The van der Waals surface area contributed by atoms with Crippen molar-refractivity contribution in [3.8, 4) is 34.0 Å². The van der Waals surface area contributed by atoms with Gasteiger partial charge in [-0.2, -0.15) is 0 Å². The number of aromatic hydroxyl groups is 1. The van der Waals surface area contributed by atoms with Gasteiger partial charge in [0.25, 0.3) is 0 Å². The van der Waals surface area contributed by atoms with E-state index in [0.717, 1.165) is 33.5 Å². The molecule has 0 aliphatic heterocycles. The summed E-state index contributed by atoms with van der Waals surface area (Å²) in [5.74, 6) is 1.03. The number of hydrogen-bond donors (Lipinski definition) is 1. The number of para-hydroxylation sites is 4. The van der Waals surface area contributed by atoms with Gasteiger partial charge in [0.1, 0.15) is 11.6 Å². The molecule has 4 aromatic carbocycles. The summed E-state index contributed by atoms with van der Waals surface area (Å²) < 4.78 is 2.03. The molecule has 0 bridgehead atoms. The Bertz CT molecular complexity index is 1270. The second-order valence-electron chi connectivity index (χ2n) is 6.66. The van der Waals surface area contributed by atoms with Crippen LogP contribution in [0.25, 0.3) is 39.2 Å². The summed E-state index contributed by atoms with van der Waals surface area (Å²) in [5, 5.41) is 10.6. The molecule has 0 saturated heterocycles. The summed E-state index contributed by atoms with van der Waals surface area (Å²) in [6.07, 6.45) is 0. The Labute approximate surface area is 163 Å². The molecular formula is C25H18N2O. The van der Waals surface area contributed by atoms with Crippen molar-refractivity contribution in [2.24, 2.45) is 0 Å². The number of phenolic OH excluding ortho intramolecular Hbond substituents is 1. The Balaban J connectivity index is 1.85. The van der Waals surface area contributed by atoms with Gasteiger partial charge in [0.2, 0.25) is 0 Å². The second kappa shape index (κ2) is 6.71. The summed E-state index contributed by atoms with van der Waals surface area (Å²) >= 11 is 0. The fraction of sp³-hybridized carbons (Fsp3) is 0. The predicted octanol–water partition coefficient (Wildman–Crippen LogP) is 6.07. The van der Waals surface area contributed by atoms with Gasteiger partial charge < -0.3 is 5.11 Å². The van der Waals surface area contributed by atoms with Crippen LogP contribution in [-0.2, 0) is 0 Å². The van der Waals surface area contributed by atoms with Gasteiger partial charge in [0.15, 0.2) is 0 Å². The number of fused-ring (bicyclic) bond motifs is 1. The molecule has 28 heavy (non-hydrogen) atoms. The molecule has 0 unspecified atom stereocenters. The van der Waals surface area contributed by atoms with Gasteiger partial charge in [-0.1, -0.05) is 78.9 Å². The minimum Gasteiger partial charge on any atom is -0.506 e. The summed E-state index contributed by atoms with van der Waals surface area (Å²) in [4.78, 5) is 4.94. The predicted molar refractivity (Wildman–Crippen MR) is 114 cm³/mol. The maximum Gasteiger partial charge on any atom is 0.146 e. The molecular weight excluding hydrogens is 344 g/mol. The Kier molecular flexibility index (Phi) is 3.91. The lowest BCUT2D eigenvalue weighted by atomic mass is 9.99. The highest BCUT2D eigenvalue weighted by molar-refractivity contribution is 5.88. The van der Waals surface area contributed by atoms with Crippen molar-refractivity contribution < 1.29 is 5.11 Å². The van der Waals surface area contributed by atoms with Crippen LogP contribution in [0.1, 0.15) is 0 Å². The first-order valence-electron chi connectivity index (χ1n) is 9.23. The highest BCUT2D eigenvalue weighted by Gasteiger charge is 2.18. The van der Waals surface area contributed by atoms with E-state index in [1.807, 2.05) is 77.4 Å². The van der Waals surface area contributed by atoms with E-state index in [2.05, 4.69) is 24.3 Å². The zero-order valence-electron chi connectivity index (χ0n) is 15.2. The van der Waals surface area contributed by atoms with Crippen LogP contribution in [0.5, 0.6) is 5.75 Å². The molecule has 0 aliphatic rings. The Morgan fingerprint density at radius 1 is 0.607 bits per heavy atom. The highest BCUT2D eigenvalue weighted by atomic mass is 16.3. The number of hydrogen-bond acceptors (Lipinski definition) is 2. The quantitative estimate of drug-likeness (QED) is 0.423. The van der Waals surface area contributed by atoms with Crippen molar-refractivity contribution in [1.29, 1.82) is 0 Å². The van der Waals surface area contributed by atoms with E-state index in [1.165, 1.54) is 0 Å². The minimum absolute atomic E-state index is 0.226. The van der Waals surface area contributed by atoms with Gasteiger partial charge in [0, 0.05) is 5.56 Å². The summed E-state index contributed by atoms with van der Waals surface area (Å²) in [5.41, 5.74) is 5.83. The normalized spacial score (nSPS) is 11.0. The van der Waals surface area contributed by atoms with E-state index >= 15 is 0 Å². The number of aromatic nitrogens is 2. The van der Waals surface area contributed by atoms with Gasteiger partial charge in [0.05, 0.1) is 16.7 Å². The lowest BCUT2D eigenvalue weighted by Crippen LogP contribution is -1.99. The maximum absolute atomic E-state index is 10.6. The van der Waals surface area contributed by atoms with Crippen molar-refractivity contribution in [1.82, 2.24) is 9.55 Å². The third-order valence-electron chi connectivity index (χ3n) is 4.94. The van der Waals surface area contributed by atoms with E-state index in [9.17, 15) is 5.11 Å². The average molecular weight is 362 g/mol. The number of rotatable bonds is 3. The van der Waals surface area contributed by atoms with Gasteiger partial charge in [-0.05, 0) is 35.4 Å². The molecule has 5 aromatic rings. The fourth-order valence-corrected chi connectivity index (χ4v) is 3.65. The summed E-state index contributed by atoms with van der Waals surface area (Å²) in [6, 6.07) is 33.9. The lowest BCUT2D eigenvalue weighted by Gasteiger charge is -2.14. The number of imidazole rings is 1. The van der Waals surface area contributed by atoms with Crippen LogP contribution < -0.4 is 0 Å². The molecule has 0 saturated carbocycles. The third kappa shape index (κ3) is 2.65. The molecule has 0 fully saturated rings. The van der Waals surface area contributed by atoms with Crippen LogP contribution in [0.2, 0.25) is 0 Å². The average Bonchev–Trinajstić information content (AvgIpc) is 3.14. The Morgan fingerprint density at radius 3 is 2.07 bits per heavy atom. The van der Waals surface area contributed by atoms with Crippen molar-refractivity contribution in [2.45, 2.75) is 0 Å². The molecule has 1 heterocycles. The number of phenols is 1. The first-order valence-corrected chi connectivity index (χ1v) is 9.23. The largest absolute Gasteiger partial charge is 0.506 e. The smallest absolute Gasteiger partial charge is 0.146 e. The van der Waals surface area contributed by atoms with Crippen LogP contribution in [0.15, 0.2) is 103 Å². The van der Waals surface area contributed by atoms with Crippen molar-refractivity contribution in [2.75, 3.05) is 0 Å². The molecule has 134 valence electrons. The van der Waals surface area contributed by atoms with Crippen molar-refractivity contribution in [3.63, 3.8) is 0 Å². The zero-order valence-corrected chi connectivity index (χ0v) is 15.2. The van der Waals surface area contributed by atoms with Crippen molar-refractivity contribution in [3.05, 3.63) is 103 Å². The first kappa shape index (κ1) is 16.3. The van der Waals surface area contributed by atoms with Crippen LogP contribution in [0.4, 0.5) is 0 Å². The monoisotopic (exact) mass is 362 g/mol. The molecule has 0 atom stereocenters. The lowest BCUT2D eigenvalue weighted by molar-refractivity contribution is 0.473. The Hall–Kier alpha value is -3.85. The van der Waals surface area contributed by atoms with Crippen LogP contribution in [-0.4, -0.2) is 14.7 Å². The molecule has 0 aliphatic carbocycles. The SMILES string of the molecule is Oc1ccccc1-n1c(-c2ccccc2-c2ccccc2)nc2ccccc21. The molecule has 1 aromatic heterocycles. The van der Waals surface area contributed by atoms with Crippen molar-refractivity contribution >= 4 is 11.0 Å². The second-order valence-corrected chi connectivity index (χ2v) is 6.66. The summed E-state index contributed by atoms with van der Waals surface area (Å²) in [6.45, 7) is 0. The standard InChI is InChI=1S/C25H18N2O/c28-24-17-9-8-16-23(24)27-22-15-7-6-14-21(22)26-25(27)20-13-5-4-12-19(20)18-10-2-1-3-11-18/h1-17,28H. The van der Waals surface area contributed by atoms with E-state index in [4.69, 9.17) is 4.98 Å². The molecule has 0 spiro atoms. The van der Waals surface area contributed by atoms with Gasteiger partial charge in [-0.15, -0.1) is 0 Å². The molecule has 3 heteroatoms. The first-order chi connectivity index (χ1) is 13.8. The van der Waals surface area contributed by atoms with E-state index < -0.39 is 0 Å². The van der Waals surface area contributed by atoms with E-state index in [0.29, 0.717) is 5.69 Å². The molecule has 1 N–H and O–H groups in total. The van der Waals surface area contributed by atoms with Crippen LogP contribution >= 0.6 is 0 Å². The van der Waals surface area contributed by atoms with Gasteiger partial charge in [-0.25, -0.2) is 4.98 Å². The number of benzene rings is 4. The van der Waals surface area contributed by atoms with Crippen LogP contribution in [0, 0.1) is 0 Å². The molecule has 3 nitrogen and oxygen atoms in total. The maximum atomic E-state index is 10.6. The van der Waals surface area contributed by atoms with Gasteiger partial charge >= 0.3 is 0 Å². The number of nitrogens with zero attached hydrogens (tertiary/aromatic N) is 2. The van der Waals surface area contributed by atoms with Gasteiger partial charge in [-0.3, -0.25) is 4.57 Å². The molecule has 0 radical (unpaired) electrons. The topological polar surface area (TPSA) is 38.0 Å². The zero-order chi connectivity index (χ0) is 18.9. The van der Waals surface area contributed by atoms with E-state index in [1.54, 1.807) is 6.07 Å². The third-order valence-corrected chi connectivity index (χ3v) is 4.94. The molecule has 5 rings (SSSR count). The van der Waals surface area contributed by atoms with Crippen LogP contribution in [0.3, 0.4) is 0 Å². The summed E-state index contributed by atoms with van der Waals surface area (Å²) in [7, 11) is 0. The highest BCUT2D eigenvalue weighted by Crippen LogP contribution is 2.36.